The summed E-state index contributed by atoms with van der Waals surface area (Å²) in [6.45, 7) is 15.2. The molecule has 0 bridgehead atoms. The number of aromatic nitrogens is 2. The second kappa shape index (κ2) is 9.07. The summed E-state index contributed by atoms with van der Waals surface area (Å²) in [6, 6.07) is 31.9. The maximum atomic E-state index is 2.55. The van der Waals surface area contributed by atoms with Gasteiger partial charge in [-0.3, -0.25) is 0 Å². The Bertz CT molecular complexity index is 1730. The SMILES string of the molecule is CC(C)c1cccc(C(C)C)c1-n1cc[n+]2c1-c1cc3c(cc1C2)[Si](C)(C)c1ccccc1N3c1ccccc1. The minimum absolute atomic E-state index is 0.443. The molecule has 0 amide bonds. The zero-order valence-electron chi connectivity index (χ0n) is 24.4. The molecule has 1 aromatic heterocycles. The maximum absolute atomic E-state index is 2.55. The van der Waals surface area contributed by atoms with Crippen molar-refractivity contribution in [2.75, 3.05) is 4.90 Å². The summed E-state index contributed by atoms with van der Waals surface area (Å²) in [4.78, 5) is 2.50. The highest BCUT2D eigenvalue weighted by Crippen LogP contribution is 2.42. The molecular weight excluding hydrogens is 503 g/mol. The second-order valence-electron chi connectivity index (χ2n) is 12.6. The average Bonchev–Trinajstić information content (AvgIpc) is 3.52. The van der Waals surface area contributed by atoms with Gasteiger partial charge >= 0.3 is 0 Å². The van der Waals surface area contributed by atoms with Crippen LogP contribution in [0.15, 0.2) is 97.3 Å². The predicted octanol–water partition coefficient (Wildman–Crippen LogP) is 7.65. The fourth-order valence-corrected chi connectivity index (χ4v) is 9.98. The van der Waals surface area contributed by atoms with Crippen molar-refractivity contribution in [2.24, 2.45) is 0 Å². The first-order valence-corrected chi connectivity index (χ1v) is 17.6. The highest BCUT2D eigenvalue weighted by molar-refractivity contribution is 7.02. The van der Waals surface area contributed by atoms with E-state index in [1.807, 2.05) is 0 Å². The van der Waals surface area contributed by atoms with E-state index in [2.05, 4.69) is 152 Å². The summed E-state index contributed by atoms with van der Waals surface area (Å²) in [6.07, 6.45) is 4.57. The number of fused-ring (bicyclic) bond motifs is 5. The molecule has 200 valence electrons. The topological polar surface area (TPSA) is 12.0 Å². The standard InChI is InChI=1S/C36H38N3Si/c1-24(2)28-15-12-16-29(25(3)4)35(28)38-20-19-37-23-26-21-34-32(22-30(26)36(37)38)39(27-13-8-7-9-14-27)31-17-10-11-18-33(31)40(34,5)6/h7-22,24-25H,23H2,1-6H3/q+1. The third-order valence-corrected chi connectivity index (χ3v) is 12.5. The average molecular weight is 541 g/mol. The Morgan fingerprint density at radius 3 is 2.10 bits per heavy atom. The van der Waals surface area contributed by atoms with E-state index in [9.17, 15) is 0 Å². The molecule has 0 fully saturated rings. The number of imidazole rings is 1. The zero-order valence-corrected chi connectivity index (χ0v) is 25.4. The van der Waals surface area contributed by atoms with E-state index < -0.39 is 8.07 Å². The molecule has 0 saturated carbocycles. The van der Waals surface area contributed by atoms with Crippen molar-refractivity contribution in [3.63, 3.8) is 0 Å². The number of rotatable bonds is 4. The number of hydrogen-bond donors (Lipinski definition) is 0. The molecule has 0 atom stereocenters. The minimum Gasteiger partial charge on any atom is -0.311 e. The molecule has 0 aliphatic carbocycles. The molecule has 2 aliphatic heterocycles. The van der Waals surface area contributed by atoms with Crippen molar-refractivity contribution in [3.8, 4) is 17.1 Å². The molecule has 3 nitrogen and oxygen atoms in total. The van der Waals surface area contributed by atoms with Gasteiger partial charge in [-0.15, -0.1) is 0 Å². The zero-order chi connectivity index (χ0) is 27.8. The van der Waals surface area contributed by atoms with E-state index >= 15 is 0 Å². The van der Waals surface area contributed by atoms with Crippen molar-refractivity contribution in [1.82, 2.24) is 4.57 Å². The van der Waals surface area contributed by atoms with Crippen LogP contribution in [0.25, 0.3) is 17.1 Å². The molecule has 7 rings (SSSR count). The summed E-state index contributed by atoms with van der Waals surface area (Å²) >= 11 is 0. The molecule has 3 heterocycles. The van der Waals surface area contributed by atoms with E-state index in [1.54, 1.807) is 0 Å². The molecule has 0 radical (unpaired) electrons. The van der Waals surface area contributed by atoms with Crippen LogP contribution in [-0.4, -0.2) is 12.6 Å². The summed E-state index contributed by atoms with van der Waals surface area (Å²) in [5, 5.41) is 3.03. The second-order valence-corrected chi connectivity index (χ2v) is 16.9. The Morgan fingerprint density at radius 1 is 0.725 bits per heavy atom. The van der Waals surface area contributed by atoms with E-state index in [0.29, 0.717) is 11.8 Å². The fraction of sp³-hybridized carbons (Fsp3) is 0.250. The highest BCUT2D eigenvalue weighted by atomic mass is 28.3. The molecule has 0 N–H and O–H groups in total. The first kappa shape index (κ1) is 25.1. The number of anilines is 3. The van der Waals surface area contributed by atoms with Crippen LogP contribution in [0.5, 0.6) is 0 Å². The third kappa shape index (κ3) is 3.59. The van der Waals surface area contributed by atoms with Gasteiger partial charge in [-0.2, -0.15) is 4.57 Å². The van der Waals surface area contributed by atoms with Gasteiger partial charge in [0, 0.05) is 33.8 Å². The van der Waals surface area contributed by atoms with Crippen LogP contribution in [0, 0.1) is 0 Å². The lowest BCUT2D eigenvalue weighted by Gasteiger charge is -2.41. The van der Waals surface area contributed by atoms with Gasteiger partial charge in [0.15, 0.2) is 0 Å². The highest BCUT2D eigenvalue weighted by Gasteiger charge is 2.42. The summed E-state index contributed by atoms with van der Waals surface area (Å²) in [5.41, 5.74) is 10.8. The van der Waals surface area contributed by atoms with Gasteiger partial charge in [-0.05, 0) is 46.5 Å². The lowest BCUT2D eigenvalue weighted by Crippen LogP contribution is -2.58. The van der Waals surface area contributed by atoms with Crippen molar-refractivity contribution in [1.29, 1.82) is 0 Å². The Labute approximate surface area is 239 Å². The Balaban J connectivity index is 1.49. The van der Waals surface area contributed by atoms with Crippen LogP contribution < -0.4 is 19.8 Å². The van der Waals surface area contributed by atoms with Crippen molar-refractivity contribution < 1.29 is 4.57 Å². The molecule has 4 aromatic carbocycles. The monoisotopic (exact) mass is 540 g/mol. The largest absolute Gasteiger partial charge is 0.311 e. The smallest absolute Gasteiger partial charge is 0.294 e. The number of benzene rings is 4. The summed E-state index contributed by atoms with van der Waals surface area (Å²) < 4.78 is 4.93. The fourth-order valence-electron chi connectivity index (χ4n) is 6.98. The van der Waals surface area contributed by atoms with E-state index in [0.717, 1.165) is 6.54 Å². The van der Waals surface area contributed by atoms with Gasteiger partial charge < -0.3 is 4.90 Å². The lowest BCUT2D eigenvalue weighted by atomic mass is 9.92. The van der Waals surface area contributed by atoms with Crippen LogP contribution in [0.4, 0.5) is 17.1 Å². The van der Waals surface area contributed by atoms with E-state index in [4.69, 9.17) is 0 Å². The van der Waals surface area contributed by atoms with E-state index in [1.165, 1.54) is 61.2 Å². The van der Waals surface area contributed by atoms with Crippen LogP contribution in [-0.2, 0) is 6.54 Å². The van der Waals surface area contributed by atoms with E-state index in [-0.39, 0.29) is 0 Å². The van der Waals surface area contributed by atoms with Crippen molar-refractivity contribution >= 4 is 35.5 Å². The Kier molecular flexibility index (Phi) is 5.69. The molecular formula is C36H38N3Si+. The van der Waals surface area contributed by atoms with Crippen molar-refractivity contribution in [3.05, 3.63) is 114 Å². The quantitative estimate of drug-likeness (QED) is 0.165. The Morgan fingerprint density at radius 2 is 1.40 bits per heavy atom. The van der Waals surface area contributed by atoms with Gasteiger partial charge in [-0.1, -0.05) is 101 Å². The molecule has 0 saturated heterocycles. The number of para-hydroxylation sites is 3. The number of nitrogens with zero attached hydrogens (tertiary/aromatic N) is 3. The normalized spacial score (nSPS) is 14.8. The van der Waals surface area contributed by atoms with Gasteiger partial charge in [0.25, 0.3) is 5.82 Å². The molecule has 5 aromatic rings. The maximum Gasteiger partial charge on any atom is 0.294 e. The molecule has 0 spiro atoms. The summed E-state index contributed by atoms with van der Waals surface area (Å²) in [5.74, 6) is 2.18. The summed E-state index contributed by atoms with van der Waals surface area (Å²) in [7, 11) is -1.92. The predicted molar refractivity (Wildman–Crippen MR) is 170 cm³/mol. The van der Waals surface area contributed by atoms with Crippen molar-refractivity contribution in [2.45, 2.75) is 59.2 Å². The van der Waals surface area contributed by atoms with Gasteiger partial charge in [0.05, 0.1) is 5.56 Å². The third-order valence-electron chi connectivity index (χ3n) is 9.03. The van der Waals surface area contributed by atoms with Gasteiger partial charge in [-0.25, -0.2) is 4.57 Å². The molecule has 2 aliphatic rings. The molecule has 4 heteroatoms. The Hall–Kier alpha value is -3.89. The van der Waals surface area contributed by atoms with Crippen LogP contribution in [0.2, 0.25) is 13.1 Å². The number of hydrogen-bond acceptors (Lipinski definition) is 1. The molecule has 0 unspecified atom stereocenters. The van der Waals surface area contributed by atoms with Crippen LogP contribution in [0.1, 0.15) is 56.2 Å². The van der Waals surface area contributed by atoms with Crippen LogP contribution >= 0.6 is 0 Å². The van der Waals surface area contributed by atoms with Crippen LogP contribution in [0.3, 0.4) is 0 Å². The van der Waals surface area contributed by atoms with Gasteiger partial charge in [0.1, 0.15) is 32.7 Å². The minimum atomic E-state index is -1.92. The van der Waals surface area contributed by atoms with Gasteiger partial charge in [0.2, 0.25) is 0 Å². The first-order chi connectivity index (χ1) is 19.3. The first-order valence-electron chi connectivity index (χ1n) is 14.6. The molecule has 40 heavy (non-hydrogen) atoms. The lowest BCUT2D eigenvalue weighted by molar-refractivity contribution is -0.671.